The molecule has 0 saturated heterocycles. The molecular weight excluding hydrogens is 338 g/mol. The van der Waals surface area contributed by atoms with Gasteiger partial charge in [0.15, 0.2) is 0 Å². The first-order valence-electron chi connectivity index (χ1n) is 6.37. The third-order valence-corrected chi connectivity index (χ3v) is 6.01. The normalized spacial score (nSPS) is 14.4. The van der Waals surface area contributed by atoms with Crippen molar-refractivity contribution in [2.75, 3.05) is 10.8 Å². The summed E-state index contributed by atoms with van der Waals surface area (Å²) in [5, 5.41) is 0. The van der Waals surface area contributed by atoms with Crippen molar-refractivity contribution in [1.29, 1.82) is 0 Å². The first-order valence-corrected chi connectivity index (χ1v) is 8.60. The van der Waals surface area contributed by atoms with Crippen molar-refractivity contribution in [2.45, 2.75) is 18.2 Å². The van der Waals surface area contributed by atoms with Gasteiger partial charge >= 0.3 is 0 Å². The number of aryl methyl sites for hydroxylation is 1. The zero-order valence-corrected chi connectivity index (χ0v) is 13.4. The molecule has 2 aromatic rings. The maximum Gasteiger partial charge on any atom is 0.264 e. The third kappa shape index (κ3) is 2.15. The SMILES string of the molecule is Cc1ccc(Br)cc1S(=O)(=O)N1CCc2ccccc21. The minimum absolute atomic E-state index is 0.364. The fraction of sp³-hybridized carbons (Fsp3) is 0.200. The Morgan fingerprint density at radius 3 is 2.70 bits per heavy atom. The van der Waals surface area contributed by atoms with Gasteiger partial charge in [-0.05, 0) is 42.7 Å². The number of sulfonamides is 1. The van der Waals surface area contributed by atoms with Gasteiger partial charge in [0.25, 0.3) is 10.0 Å². The van der Waals surface area contributed by atoms with Crippen molar-refractivity contribution < 1.29 is 8.42 Å². The molecule has 0 saturated carbocycles. The Morgan fingerprint density at radius 1 is 1.15 bits per heavy atom. The van der Waals surface area contributed by atoms with Crippen LogP contribution < -0.4 is 4.31 Å². The second-order valence-electron chi connectivity index (χ2n) is 4.87. The lowest BCUT2D eigenvalue weighted by Crippen LogP contribution is -2.29. The smallest absolute Gasteiger partial charge is 0.264 e. The van der Waals surface area contributed by atoms with E-state index in [-0.39, 0.29) is 0 Å². The van der Waals surface area contributed by atoms with Gasteiger partial charge in [-0.3, -0.25) is 4.31 Å². The Hall–Kier alpha value is -1.33. The second-order valence-corrected chi connectivity index (χ2v) is 7.61. The average Bonchev–Trinajstić information content (AvgIpc) is 2.86. The van der Waals surface area contributed by atoms with Gasteiger partial charge in [0.2, 0.25) is 0 Å². The zero-order chi connectivity index (χ0) is 14.3. The van der Waals surface area contributed by atoms with E-state index in [2.05, 4.69) is 15.9 Å². The van der Waals surface area contributed by atoms with Crippen LogP contribution in [0.5, 0.6) is 0 Å². The third-order valence-electron chi connectivity index (χ3n) is 3.56. The molecule has 0 unspecified atom stereocenters. The Morgan fingerprint density at radius 2 is 1.90 bits per heavy atom. The largest absolute Gasteiger partial charge is 0.266 e. The Bertz CT molecular complexity index is 771. The van der Waals surface area contributed by atoms with Gasteiger partial charge in [-0.1, -0.05) is 40.2 Å². The number of fused-ring (bicyclic) bond motifs is 1. The van der Waals surface area contributed by atoms with Crippen molar-refractivity contribution in [3.63, 3.8) is 0 Å². The molecule has 2 aromatic carbocycles. The molecule has 0 bridgehead atoms. The highest BCUT2D eigenvalue weighted by atomic mass is 79.9. The van der Waals surface area contributed by atoms with E-state index in [0.717, 1.165) is 27.7 Å². The molecule has 0 fully saturated rings. The molecule has 0 amide bonds. The fourth-order valence-corrected chi connectivity index (χ4v) is 4.80. The molecule has 0 aliphatic carbocycles. The quantitative estimate of drug-likeness (QED) is 0.830. The summed E-state index contributed by atoms with van der Waals surface area (Å²) in [6.45, 7) is 2.33. The maximum atomic E-state index is 12.9. The first-order chi connectivity index (χ1) is 9.50. The van der Waals surface area contributed by atoms with E-state index in [1.54, 1.807) is 6.07 Å². The molecule has 1 aliphatic rings. The number of rotatable bonds is 2. The first kappa shape index (κ1) is 13.6. The van der Waals surface area contributed by atoms with Crippen LogP contribution in [0.2, 0.25) is 0 Å². The lowest BCUT2D eigenvalue weighted by atomic mass is 10.2. The minimum atomic E-state index is -3.50. The number of hydrogen-bond acceptors (Lipinski definition) is 2. The van der Waals surface area contributed by atoms with Crippen molar-refractivity contribution in [3.8, 4) is 0 Å². The van der Waals surface area contributed by atoms with E-state index < -0.39 is 10.0 Å². The number of para-hydroxylation sites is 1. The van der Waals surface area contributed by atoms with Crippen molar-refractivity contribution in [2.24, 2.45) is 0 Å². The van der Waals surface area contributed by atoms with E-state index in [1.165, 1.54) is 4.31 Å². The predicted molar refractivity (Wildman–Crippen MR) is 83.6 cm³/mol. The van der Waals surface area contributed by atoms with Gasteiger partial charge in [0, 0.05) is 11.0 Å². The molecular formula is C15H14BrNO2S. The van der Waals surface area contributed by atoms with E-state index in [0.29, 0.717) is 11.4 Å². The number of hydrogen-bond donors (Lipinski definition) is 0. The monoisotopic (exact) mass is 351 g/mol. The van der Waals surface area contributed by atoms with Crippen LogP contribution >= 0.6 is 15.9 Å². The van der Waals surface area contributed by atoms with E-state index in [1.807, 2.05) is 43.3 Å². The van der Waals surface area contributed by atoms with E-state index in [4.69, 9.17) is 0 Å². The predicted octanol–water partition coefficient (Wildman–Crippen LogP) is 3.51. The average molecular weight is 352 g/mol. The van der Waals surface area contributed by atoms with Gasteiger partial charge in [0.1, 0.15) is 0 Å². The molecule has 0 atom stereocenters. The van der Waals surface area contributed by atoms with Crippen LogP contribution in [0.4, 0.5) is 5.69 Å². The molecule has 3 nitrogen and oxygen atoms in total. The van der Waals surface area contributed by atoms with Gasteiger partial charge in [-0.25, -0.2) is 8.42 Å². The summed E-state index contributed by atoms with van der Waals surface area (Å²) in [6.07, 6.45) is 0.766. The van der Waals surface area contributed by atoms with Crippen LogP contribution in [-0.4, -0.2) is 15.0 Å². The molecule has 5 heteroatoms. The molecule has 0 aromatic heterocycles. The van der Waals surface area contributed by atoms with Gasteiger partial charge in [-0.2, -0.15) is 0 Å². The van der Waals surface area contributed by atoms with Crippen LogP contribution in [0.15, 0.2) is 51.8 Å². The van der Waals surface area contributed by atoms with Crippen LogP contribution in [0.1, 0.15) is 11.1 Å². The van der Waals surface area contributed by atoms with Crippen molar-refractivity contribution in [3.05, 3.63) is 58.1 Å². The minimum Gasteiger partial charge on any atom is -0.266 e. The molecule has 3 rings (SSSR count). The summed E-state index contributed by atoms with van der Waals surface area (Å²) >= 11 is 3.35. The molecule has 1 heterocycles. The van der Waals surface area contributed by atoms with Gasteiger partial charge < -0.3 is 0 Å². The topological polar surface area (TPSA) is 37.4 Å². The van der Waals surface area contributed by atoms with Gasteiger partial charge in [-0.15, -0.1) is 0 Å². The van der Waals surface area contributed by atoms with Crippen molar-refractivity contribution >= 4 is 31.6 Å². The molecule has 104 valence electrons. The highest BCUT2D eigenvalue weighted by Crippen LogP contribution is 2.34. The highest BCUT2D eigenvalue weighted by molar-refractivity contribution is 9.10. The van der Waals surface area contributed by atoms with E-state index >= 15 is 0 Å². The Kier molecular flexibility index (Phi) is 3.34. The number of benzene rings is 2. The summed E-state index contributed by atoms with van der Waals surface area (Å²) in [7, 11) is -3.50. The van der Waals surface area contributed by atoms with Crippen LogP contribution in [0.3, 0.4) is 0 Å². The van der Waals surface area contributed by atoms with Crippen LogP contribution in [0.25, 0.3) is 0 Å². The number of anilines is 1. The second kappa shape index (κ2) is 4.90. The summed E-state index contributed by atoms with van der Waals surface area (Å²) in [5.41, 5.74) is 2.65. The van der Waals surface area contributed by atoms with Crippen LogP contribution in [-0.2, 0) is 16.4 Å². The molecule has 20 heavy (non-hydrogen) atoms. The number of halogens is 1. The zero-order valence-electron chi connectivity index (χ0n) is 11.0. The van der Waals surface area contributed by atoms with E-state index in [9.17, 15) is 8.42 Å². The summed E-state index contributed by atoms with van der Waals surface area (Å²) in [5.74, 6) is 0. The van der Waals surface area contributed by atoms with Gasteiger partial charge in [0.05, 0.1) is 10.6 Å². The molecule has 1 aliphatic heterocycles. The summed E-state index contributed by atoms with van der Waals surface area (Å²) < 4.78 is 28.0. The standard InChI is InChI=1S/C15H14BrNO2S/c1-11-6-7-13(16)10-15(11)20(18,19)17-9-8-12-4-2-3-5-14(12)17/h2-7,10H,8-9H2,1H3. The molecule has 0 spiro atoms. The van der Waals surface area contributed by atoms with Crippen LogP contribution in [0, 0.1) is 6.92 Å². The lowest BCUT2D eigenvalue weighted by molar-refractivity contribution is 0.591. The van der Waals surface area contributed by atoms with Crippen molar-refractivity contribution in [1.82, 2.24) is 0 Å². The summed E-state index contributed by atoms with van der Waals surface area (Å²) in [4.78, 5) is 0.364. The lowest BCUT2D eigenvalue weighted by Gasteiger charge is -2.20. The Labute approximate surface area is 127 Å². The Balaban J connectivity index is 2.13. The molecule has 0 N–H and O–H groups in total. The fourth-order valence-electron chi connectivity index (χ4n) is 2.53. The molecule has 0 radical (unpaired) electrons. The highest BCUT2D eigenvalue weighted by Gasteiger charge is 2.31. The number of nitrogens with zero attached hydrogens (tertiary/aromatic N) is 1. The summed E-state index contributed by atoms with van der Waals surface area (Å²) in [6, 6.07) is 13.0. The maximum absolute atomic E-state index is 12.9.